The minimum absolute atomic E-state index is 0.582. The first-order chi connectivity index (χ1) is 9.65. The molecule has 3 rings (SSSR count). The maximum atomic E-state index is 6.17. The fourth-order valence-electron chi connectivity index (χ4n) is 2.82. The van der Waals surface area contributed by atoms with E-state index in [2.05, 4.69) is 15.2 Å². The molecule has 0 aliphatic carbocycles. The summed E-state index contributed by atoms with van der Waals surface area (Å²) >= 11 is 12.2. The predicted molar refractivity (Wildman–Crippen MR) is 82.6 cm³/mol. The Hall–Kier alpha value is -0.810. The number of imidazole rings is 1. The molecule has 1 unspecified atom stereocenters. The van der Waals surface area contributed by atoms with Crippen LogP contribution in [0.25, 0.3) is 5.65 Å². The third kappa shape index (κ3) is 2.93. The van der Waals surface area contributed by atoms with Crippen molar-refractivity contribution in [2.75, 3.05) is 20.1 Å². The number of fused-ring (bicyclic) bond motifs is 1. The van der Waals surface area contributed by atoms with E-state index in [9.17, 15) is 0 Å². The van der Waals surface area contributed by atoms with Crippen molar-refractivity contribution in [3.63, 3.8) is 0 Å². The predicted octanol–water partition coefficient (Wildman–Crippen LogP) is 2.82. The van der Waals surface area contributed by atoms with Gasteiger partial charge in [-0.25, -0.2) is 4.98 Å². The minimum Gasteiger partial charge on any atom is -0.316 e. The zero-order valence-electron chi connectivity index (χ0n) is 11.4. The average Bonchev–Trinajstić information content (AvgIpc) is 2.81. The van der Waals surface area contributed by atoms with Gasteiger partial charge in [-0.3, -0.25) is 4.90 Å². The lowest BCUT2D eigenvalue weighted by Gasteiger charge is -2.31. The first-order valence-electron chi connectivity index (χ1n) is 6.88. The van der Waals surface area contributed by atoms with Crippen LogP contribution in [0.2, 0.25) is 10.0 Å². The molecule has 1 atom stereocenters. The van der Waals surface area contributed by atoms with Gasteiger partial charge in [-0.15, -0.1) is 0 Å². The van der Waals surface area contributed by atoms with Crippen LogP contribution in [-0.4, -0.2) is 40.5 Å². The van der Waals surface area contributed by atoms with Crippen LogP contribution in [0.5, 0.6) is 0 Å². The van der Waals surface area contributed by atoms with E-state index in [1.165, 1.54) is 12.8 Å². The molecule has 0 amide bonds. The Morgan fingerprint density at radius 1 is 1.40 bits per heavy atom. The van der Waals surface area contributed by atoms with E-state index in [1.807, 2.05) is 23.8 Å². The molecular weight excluding hydrogens is 295 g/mol. The van der Waals surface area contributed by atoms with Crippen molar-refractivity contribution in [3.05, 3.63) is 34.2 Å². The van der Waals surface area contributed by atoms with Gasteiger partial charge in [-0.05, 0) is 32.5 Å². The van der Waals surface area contributed by atoms with Gasteiger partial charge in [0.2, 0.25) is 0 Å². The zero-order chi connectivity index (χ0) is 14.1. The molecule has 2 aromatic heterocycles. The number of pyridine rings is 1. The third-order valence-electron chi connectivity index (χ3n) is 3.82. The van der Waals surface area contributed by atoms with Gasteiger partial charge < -0.3 is 9.72 Å². The number of hydrogen-bond donors (Lipinski definition) is 1. The summed E-state index contributed by atoms with van der Waals surface area (Å²) in [5, 5.41) is 4.57. The quantitative estimate of drug-likeness (QED) is 0.946. The smallest absolute Gasteiger partial charge is 0.156 e. The fourth-order valence-corrected chi connectivity index (χ4v) is 3.34. The molecule has 108 valence electrons. The van der Waals surface area contributed by atoms with Crippen LogP contribution in [-0.2, 0) is 6.54 Å². The highest BCUT2D eigenvalue weighted by molar-refractivity contribution is 6.36. The maximum Gasteiger partial charge on any atom is 0.156 e. The summed E-state index contributed by atoms with van der Waals surface area (Å²) in [7, 11) is 2.03. The minimum atomic E-state index is 0.582. The van der Waals surface area contributed by atoms with Gasteiger partial charge in [0.25, 0.3) is 0 Å². The van der Waals surface area contributed by atoms with Crippen LogP contribution < -0.4 is 5.32 Å². The number of piperidine rings is 1. The Labute approximate surface area is 128 Å². The molecule has 6 heteroatoms. The number of nitrogens with one attached hydrogen (secondary N) is 1. The Balaban J connectivity index is 1.79. The molecule has 2 aromatic rings. The van der Waals surface area contributed by atoms with Crippen molar-refractivity contribution in [1.82, 2.24) is 19.6 Å². The summed E-state index contributed by atoms with van der Waals surface area (Å²) in [6.45, 7) is 3.05. The normalized spacial score (nSPS) is 20.6. The van der Waals surface area contributed by atoms with Gasteiger partial charge in [-0.2, -0.15) is 0 Å². The van der Waals surface area contributed by atoms with Crippen molar-refractivity contribution in [3.8, 4) is 0 Å². The SMILES string of the molecule is CNC1CCCN(Cc2cn3cc(Cl)cc(Cl)c3n2)C1. The Kier molecular flexibility index (Phi) is 4.17. The largest absolute Gasteiger partial charge is 0.316 e. The average molecular weight is 313 g/mol. The lowest BCUT2D eigenvalue weighted by Crippen LogP contribution is -2.43. The summed E-state index contributed by atoms with van der Waals surface area (Å²) in [6, 6.07) is 2.31. The van der Waals surface area contributed by atoms with Crippen LogP contribution in [0.3, 0.4) is 0 Å². The van der Waals surface area contributed by atoms with Crippen molar-refractivity contribution < 1.29 is 0 Å². The molecular formula is C14H18Cl2N4. The van der Waals surface area contributed by atoms with E-state index in [4.69, 9.17) is 23.2 Å². The number of likely N-dealkylation sites (tertiary alicyclic amines) is 1. The second kappa shape index (κ2) is 5.90. The van der Waals surface area contributed by atoms with Crippen molar-refractivity contribution >= 4 is 28.8 Å². The summed E-state index contributed by atoms with van der Waals surface area (Å²) in [5.74, 6) is 0. The maximum absolute atomic E-state index is 6.17. The Morgan fingerprint density at radius 2 is 2.25 bits per heavy atom. The summed E-state index contributed by atoms with van der Waals surface area (Å²) in [4.78, 5) is 7.04. The van der Waals surface area contributed by atoms with Crippen LogP contribution in [0.1, 0.15) is 18.5 Å². The lowest BCUT2D eigenvalue weighted by molar-refractivity contribution is 0.186. The van der Waals surface area contributed by atoms with E-state index in [1.54, 1.807) is 6.07 Å². The molecule has 0 radical (unpaired) electrons. The molecule has 0 aromatic carbocycles. The number of halogens is 2. The zero-order valence-corrected chi connectivity index (χ0v) is 13.0. The van der Waals surface area contributed by atoms with Crippen molar-refractivity contribution in [2.24, 2.45) is 0 Å². The van der Waals surface area contributed by atoms with E-state index in [-0.39, 0.29) is 0 Å². The number of rotatable bonds is 3. The molecule has 4 nitrogen and oxygen atoms in total. The van der Waals surface area contributed by atoms with Crippen molar-refractivity contribution in [1.29, 1.82) is 0 Å². The van der Waals surface area contributed by atoms with Crippen LogP contribution in [0.15, 0.2) is 18.5 Å². The first-order valence-corrected chi connectivity index (χ1v) is 7.63. The van der Waals surface area contributed by atoms with Gasteiger partial charge in [0, 0.05) is 31.5 Å². The first kappa shape index (κ1) is 14.1. The van der Waals surface area contributed by atoms with E-state index in [0.29, 0.717) is 16.1 Å². The topological polar surface area (TPSA) is 32.6 Å². The third-order valence-corrected chi connectivity index (χ3v) is 4.31. The van der Waals surface area contributed by atoms with E-state index < -0.39 is 0 Å². The van der Waals surface area contributed by atoms with Crippen LogP contribution in [0, 0.1) is 0 Å². The molecule has 0 bridgehead atoms. The Morgan fingerprint density at radius 3 is 3.05 bits per heavy atom. The molecule has 0 saturated carbocycles. The molecule has 0 spiro atoms. The molecule has 1 fully saturated rings. The van der Waals surface area contributed by atoms with Gasteiger partial charge >= 0.3 is 0 Å². The number of nitrogens with zero attached hydrogens (tertiary/aromatic N) is 3. The van der Waals surface area contributed by atoms with Gasteiger partial charge in [0.15, 0.2) is 5.65 Å². The van der Waals surface area contributed by atoms with E-state index in [0.717, 1.165) is 31.0 Å². The second-order valence-electron chi connectivity index (χ2n) is 5.33. The molecule has 20 heavy (non-hydrogen) atoms. The van der Waals surface area contributed by atoms with Gasteiger partial charge in [0.1, 0.15) is 0 Å². The fraction of sp³-hybridized carbons (Fsp3) is 0.500. The van der Waals surface area contributed by atoms with Crippen molar-refractivity contribution in [2.45, 2.75) is 25.4 Å². The molecule has 1 N–H and O–H groups in total. The molecule has 3 heterocycles. The van der Waals surface area contributed by atoms with Crippen LogP contribution in [0.4, 0.5) is 0 Å². The second-order valence-corrected chi connectivity index (χ2v) is 6.18. The van der Waals surface area contributed by atoms with Gasteiger partial charge in [0.05, 0.1) is 15.7 Å². The Bertz CT molecular complexity index is 610. The highest BCUT2D eigenvalue weighted by Crippen LogP contribution is 2.22. The summed E-state index contributed by atoms with van der Waals surface area (Å²) in [5.41, 5.74) is 1.80. The standard InChI is InChI=1S/C14H18Cl2N4/c1-17-11-3-2-4-19(7-11)8-12-9-20-6-10(15)5-13(16)14(20)18-12/h5-6,9,11,17H,2-4,7-8H2,1H3. The number of hydrogen-bond acceptors (Lipinski definition) is 3. The molecule has 1 saturated heterocycles. The monoisotopic (exact) mass is 312 g/mol. The molecule has 1 aliphatic heterocycles. The highest BCUT2D eigenvalue weighted by atomic mass is 35.5. The summed E-state index contributed by atoms with van der Waals surface area (Å²) in [6.07, 6.45) is 6.33. The number of likely N-dealkylation sites (N-methyl/N-ethyl adjacent to an activating group) is 1. The highest BCUT2D eigenvalue weighted by Gasteiger charge is 2.19. The summed E-state index contributed by atoms with van der Waals surface area (Å²) < 4.78 is 1.90. The van der Waals surface area contributed by atoms with E-state index >= 15 is 0 Å². The van der Waals surface area contributed by atoms with Gasteiger partial charge in [-0.1, -0.05) is 23.2 Å². The molecule has 1 aliphatic rings. The lowest BCUT2D eigenvalue weighted by atomic mass is 10.1. The number of aromatic nitrogens is 2. The van der Waals surface area contributed by atoms with Crippen LogP contribution >= 0.6 is 23.2 Å².